The molecule has 2 amide bonds. The Kier molecular flexibility index (Phi) is 2.21. The number of carbonyl (C=O) groups is 1. The van der Waals surface area contributed by atoms with Gasteiger partial charge in [0, 0.05) is 25.8 Å². The van der Waals surface area contributed by atoms with Crippen molar-refractivity contribution >= 4 is 17.6 Å². The third-order valence-electron chi connectivity index (χ3n) is 2.05. The average Bonchev–Trinajstić information content (AvgIpc) is 2.53. The molecule has 2 heterocycles. The number of carbonyl (C=O) groups excluding carboxylic acids is 1. The van der Waals surface area contributed by atoms with Crippen LogP contribution in [0.25, 0.3) is 0 Å². The van der Waals surface area contributed by atoms with Crippen LogP contribution in [-0.2, 0) is 6.54 Å². The molecule has 1 saturated heterocycles. The molecule has 2 rings (SSSR count). The van der Waals surface area contributed by atoms with Gasteiger partial charge in [-0.3, -0.25) is 0 Å². The first-order chi connectivity index (χ1) is 7.16. The van der Waals surface area contributed by atoms with Crippen molar-refractivity contribution in [1.82, 2.24) is 15.2 Å². The first-order valence-corrected chi connectivity index (χ1v) is 4.70. The molecule has 1 N–H and O–H groups in total. The standard InChI is InChI=1S/C9H10ClN3O/c10-8-2-1-7(5-12-8)6-13-4-3-11-9(13)14/h1-2,5H,3-4,6H2,(H,11,14)/i/hD. The normalized spacial score (nSPS) is 17.5. The number of halogens is 1. The molecule has 1 aromatic heterocycles. The molecule has 1 aromatic rings. The molecule has 0 aromatic carbocycles. The van der Waals surface area contributed by atoms with Gasteiger partial charge in [0.2, 0.25) is 0 Å². The van der Waals surface area contributed by atoms with Gasteiger partial charge in [-0.25, -0.2) is 9.78 Å². The van der Waals surface area contributed by atoms with Crippen molar-refractivity contribution in [2.75, 3.05) is 13.1 Å². The number of hydrogen-bond acceptors (Lipinski definition) is 2. The quantitative estimate of drug-likeness (QED) is 0.751. The monoisotopic (exact) mass is 212 g/mol. The van der Waals surface area contributed by atoms with Gasteiger partial charge in [-0.1, -0.05) is 17.7 Å². The number of nitrogens with one attached hydrogen (secondary N) is 1. The lowest BCUT2D eigenvalue weighted by Gasteiger charge is -2.13. The molecule has 4 nitrogen and oxygen atoms in total. The van der Waals surface area contributed by atoms with Gasteiger partial charge >= 0.3 is 6.03 Å². The molecule has 0 spiro atoms. The second-order valence-electron chi connectivity index (χ2n) is 3.08. The Hall–Kier alpha value is -1.29. The Balaban J connectivity index is 2.03. The summed E-state index contributed by atoms with van der Waals surface area (Å²) in [7, 11) is 0. The smallest absolute Gasteiger partial charge is 0.317 e. The van der Waals surface area contributed by atoms with Crippen molar-refractivity contribution in [2.24, 2.45) is 0 Å². The van der Waals surface area contributed by atoms with E-state index >= 15 is 0 Å². The summed E-state index contributed by atoms with van der Waals surface area (Å²) in [5, 5.41) is 1.40. The van der Waals surface area contributed by atoms with Crippen molar-refractivity contribution in [3.05, 3.63) is 29.0 Å². The summed E-state index contributed by atoms with van der Waals surface area (Å²) >= 11 is 5.65. The molecule has 1 fully saturated rings. The zero-order chi connectivity index (χ0) is 10.8. The highest BCUT2D eigenvalue weighted by Crippen LogP contribution is 2.09. The van der Waals surface area contributed by atoms with Gasteiger partial charge in [0.25, 0.3) is 0 Å². The van der Waals surface area contributed by atoms with Gasteiger partial charge in [0.1, 0.15) is 5.15 Å². The lowest BCUT2D eigenvalue weighted by molar-refractivity contribution is 0.215. The summed E-state index contributed by atoms with van der Waals surface area (Å²) in [6, 6.07) is 3.26. The molecule has 74 valence electrons. The second-order valence-corrected chi connectivity index (χ2v) is 3.46. The van der Waals surface area contributed by atoms with E-state index in [9.17, 15) is 4.79 Å². The summed E-state index contributed by atoms with van der Waals surface area (Å²) < 4.78 is 7.27. The fourth-order valence-corrected chi connectivity index (χ4v) is 1.44. The molecule has 0 unspecified atom stereocenters. The zero-order valence-electron chi connectivity index (χ0n) is 8.48. The van der Waals surface area contributed by atoms with Crippen LogP contribution < -0.4 is 5.31 Å². The lowest BCUT2D eigenvalue weighted by atomic mass is 10.3. The third kappa shape index (κ3) is 1.96. The third-order valence-corrected chi connectivity index (χ3v) is 2.27. The number of rotatable bonds is 2. The molecular weight excluding hydrogens is 202 g/mol. The van der Waals surface area contributed by atoms with Gasteiger partial charge < -0.3 is 10.2 Å². The molecule has 0 aliphatic carbocycles. The Morgan fingerprint density at radius 1 is 1.71 bits per heavy atom. The lowest BCUT2D eigenvalue weighted by Crippen LogP contribution is -2.27. The number of pyridine rings is 1. The minimum Gasteiger partial charge on any atom is -0.336 e. The first kappa shape index (κ1) is 8.05. The van der Waals surface area contributed by atoms with Crippen LogP contribution in [0.5, 0.6) is 0 Å². The highest BCUT2D eigenvalue weighted by atomic mass is 35.5. The molecule has 0 bridgehead atoms. The average molecular weight is 213 g/mol. The zero-order valence-corrected chi connectivity index (χ0v) is 8.24. The molecule has 14 heavy (non-hydrogen) atoms. The fourth-order valence-electron chi connectivity index (χ4n) is 1.33. The summed E-state index contributed by atoms with van der Waals surface area (Å²) in [4.78, 5) is 16.9. The Bertz CT molecular complexity index is 370. The van der Waals surface area contributed by atoms with E-state index in [1.807, 2.05) is 6.07 Å². The topological polar surface area (TPSA) is 45.2 Å². The van der Waals surface area contributed by atoms with E-state index in [0.29, 0.717) is 24.8 Å². The number of amides is 2. The molecular formula is C9H10ClN3O. The van der Waals surface area contributed by atoms with Gasteiger partial charge in [0.05, 0.1) is 0 Å². The maximum absolute atomic E-state index is 11.4. The van der Waals surface area contributed by atoms with Crippen molar-refractivity contribution < 1.29 is 6.21 Å². The molecule has 5 heteroatoms. The van der Waals surface area contributed by atoms with E-state index in [0.717, 1.165) is 10.9 Å². The Labute approximate surface area is 88.3 Å². The van der Waals surface area contributed by atoms with E-state index in [4.69, 9.17) is 13.0 Å². The van der Waals surface area contributed by atoms with Gasteiger partial charge in [-0.15, -0.1) is 0 Å². The first-order valence-electron chi connectivity index (χ1n) is 4.77. The van der Waals surface area contributed by atoms with E-state index in [-0.39, 0.29) is 6.03 Å². The van der Waals surface area contributed by atoms with Crippen LogP contribution in [0, 0.1) is 0 Å². The summed E-state index contributed by atoms with van der Waals surface area (Å²) in [5.41, 5.74) is 0.919. The number of nitrogens with zero attached hydrogens (tertiary/aromatic N) is 2. The number of hydrogen-bond donors (Lipinski definition) is 1. The summed E-state index contributed by atoms with van der Waals surface area (Å²) in [6.45, 7) is 1.53. The van der Waals surface area contributed by atoms with E-state index < -0.39 is 0 Å². The number of aromatic nitrogens is 1. The van der Waals surface area contributed by atoms with E-state index in [2.05, 4.69) is 4.98 Å². The second kappa shape index (κ2) is 3.84. The maximum atomic E-state index is 11.4. The Morgan fingerprint density at radius 2 is 2.57 bits per heavy atom. The van der Waals surface area contributed by atoms with E-state index in [1.54, 1.807) is 17.2 Å². The predicted molar refractivity (Wildman–Crippen MR) is 53.1 cm³/mol. The van der Waals surface area contributed by atoms with Crippen LogP contribution in [0.1, 0.15) is 5.56 Å². The molecule has 0 saturated carbocycles. The van der Waals surface area contributed by atoms with Crippen molar-refractivity contribution in [3.8, 4) is 0 Å². The van der Waals surface area contributed by atoms with Gasteiger partial charge in [0.15, 0.2) is 1.41 Å². The van der Waals surface area contributed by atoms with Crippen LogP contribution in [-0.4, -0.2) is 29.0 Å². The SMILES string of the molecule is [2H]N1CCN(Cc2ccc(Cl)nc2)C1=O. The van der Waals surface area contributed by atoms with Crippen LogP contribution in [0.2, 0.25) is 6.56 Å². The minimum absolute atomic E-state index is 0.259. The largest absolute Gasteiger partial charge is 0.336 e. The van der Waals surface area contributed by atoms with Gasteiger partial charge in [-0.2, -0.15) is 0 Å². The summed E-state index contributed by atoms with van der Waals surface area (Å²) in [5.74, 6) is 0. The van der Waals surface area contributed by atoms with Gasteiger partial charge in [-0.05, 0) is 11.6 Å². The Morgan fingerprint density at radius 3 is 3.14 bits per heavy atom. The van der Waals surface area contributed by atoms with Crippen molar-refractivity contribution in [1.29, 1.82) is 0 Å². The van der Waals surface area contributed by atoms with E-state index in [1.165, 1.54) is 0 Å². The van der Waals surface area contributed by atoms with Crippen molar-refractivity contribution in [3.63, 3.8) is 0 Å². The molecule has 1 aliphatic rings. The molecule has 0 radical (unpaired) electrons. The van der Waals surface area contributed by atoms with Crippen molar-refractivity contribution in [2.45, 2.75) is 6.54 Å². The summed E-state index contributed by atoms with van der Waals surface area (Å²) in [6.07, 6.45) is 1.64. The maximum Gasteiger partial charge on any atom is 0.317 e. The minimum atomic E-state index is -0.259. The highest BCUT2D eigenvalue weighted by Gasteiger charge is 2.19. The molecule has 0 atom stereocenters. The van der Waals surface area contributed by atoms with Crippen LogP contribution >= 0.6 is 11.6 Å². The number of urea groups is 1. The van der Waals surface area contributed by atoms with Crippen LogP contribution in [0.15, 0.2) is 18.3 Å². The molecule has 1 aliphatic heterocycles. The fraction of sp³-hybridized carbons (Fsp3) is 0.333. The predicted octanol–water partition coefficient (Wildman–Crippen LogP) is 1.26. The van der Waals surface area contributed by atoms with Crippen LogP contribution in [0.4, 0.5) is 4.79 Å². The highest BCUT2D eigenvalue weighted by molar-refractivity contribution is 6.29. The van der Waals surface area contributed by atoms with Crippen LogP contribution in [0.3, 0.4) is 0 Å².